The third kappa shape index (κ3) is 2.73. The molecule has 0 saturated heterocycles. The van der Waals surface area contributed by atoms with E-state index in [2.05, 4.69) is 20.9 Å². The first-order valence-corrected chi connectivity index (χ1v) is 5.55. The van der Waals surface area contributed by atoms with Crippen LogP contribution in [-0.2, 0) is 6.61 Å². The Bertz CT molecular complexity index is 474. The third-order valence-electron chi connectivity index (χ3n) is 2.05. The quantitative estimate of drug-likeness (QED) is 0.939. The summed E-state index contributed by atoms with van der Waals surface area (Å²) >= 11 is 3.25. The fourth-order valence-electron chi connectivity index (χ4n) is 1.24. The molecule has 0 fully saturated rings. The SMILES string of the molecule is Oc1ccc(COc2cccnc2)cc1Br. The number of halogens is 1. The van der Waals surface area contributed by atoms with E-state index < -0.39 is 0 Å². The number of pyridine rings is 1. The van der Waals surface area contributed by atoms with Gasteiger partial charge in [0.05, 0.1) is 10.7 Å². The molecule has 0 saturated carbocycles. The van der Waals surface area contributed by atoms with Crippen LogP contribution in [0.2, 0.25) is 0 Å². The molecule has 1 heterocycles. The van der Waals surface area contributed by atoms with Crippen LogP contribution in [0, 0.1) is 0 Å². The highest BCUT2D eigenvalue weighted by Crippen LogP contribution is 2.24. The minimum absolute atomic E-state index is 0.227. The predicted octanol–water partition coefficient (Wildman–Crippen LogP) is 3.13. The number of hydrogen-bond acceptors (Lipinski definition) is 3. The van der Waals surface area contributed by atoms with Crippen LogP contribution >= 0.6 is 15.9 Å². The second-order valence-corrected chi connectivity index (χ2v) is 4.12. The summed E-state index contributed by atoms with van der Waals surface area (Å²) in [5.74, 6) is 0.955. The molecule has 1 aromatic carbocycles. The molecule has 0 bridgehead atoms. The van der Waals surface area contributed by atoms with E-state index in [0.29, 0.717) is 11.1 Å². The second-order valence-electron chi connectivity index (χ2n) is 3.26. The molecular weight excluding hydrogens is 270 g/mol. The number of hydrogen-bond donors (Lipinski definition) is 1. The Labute approximate surface area is 102 Å². The van der Waals surface area contributed by atoms with E-state index in [0.717, 1.165) is 11.3 Å². The first-order chi connectivity index (χ1) is 7.75. The Morgan fingerprint density at radius 1 is 1.31 bits per heavy atom. The lowest BCUT2D eigenvalue weighted by atomic mass is 10.2. The lowest BCUT2D eigenvalue weighted by Gasteiger charge is -2.06. The maximum atomic E-state index is 9.33. The van der Waals surface area contributed by atoms with Crippen molar-refractivity contribution in [1.82, 2.24) is 4.98 Å². The van der Waals surface area contributed by atoms with E-state index in [-0.39, 0.29) is 5.75 Å². The zero-order valence-electron chi connectivity index (χ0n) is 8.43. The lowest BCUT2D eigenvalue weighted by Crippen LogP contribution is -1.95. The van der Waals surface area contributed by atoms with Gasteiger partial charge in [0.15, 0.2) is 0 Å². The topological polar surface area (TPSA) is 42.4 Å². The minimum Gasteiger partial charge on any atom is -0.507 e. The molecule has 2 aromatic rings. The highest BCUT2D eigenvalue weighted by molar-refractivity contribution is 9.10. The van der Waals surface area contributed by atoms with E-state index in [1.807, 2.05) is 24.3 Å². The van der Waals surface area contributed by atoms with Crippen molar-refractivity contribution < 1.29 is 9.84 Å². The Morgan fingerprint density at radius 2 is 2.19 bits per heavy atom. The molecule has 0 aliphatic heterocycles. The van der Waals surface area contributed by atoms with Crippen molar-refractivity contribution in [1.29, 1.82) is 0 Å². The molecule has 1 aromatic heterocycles. The molecule has 1 N–H and O–H groups in total. The summed E-state index contributed by atoms with van der Waals surface area (Å²) in [6.45, 7) is 0.449. The van der Waals surface area contributed by atoms with Gasteiger partial charge >= 0.3 is 0 Å². The number of rotatable bonds is 3. The van der Waals surface area contributed by atoms with Gasteiger partial charge in [-0.25, -0.2) is 0 Å². The number of phenols is 1. The van der Waals surface area contributed by atoms with Gasteiger partial charge in [0.2, 0.25) is 0 Å². The molecule has 0 amide bonds. The van der Waals surface area contributed by atoms with Gasteiger partial charge in [0.1, 0.15) is 18.1 Å². The van der Waals surface area contributed by atoms with Crippen molar-refractivity contribution in [2.24, 2.45) is 0 Å². The van der Waals surface area contributed by atoms with Gasteiger partial charge in [0.25, 0.3) is 0 Å². The van der Waals surface area contributed by atoms with Gasteiger partial charge in [0, 0.05) is 6.20 Å². The van der Waals surface area contributed by atoms with Crippen LogP contribution in [0.3, 0.4) is 0 Å². The van der Waals surface area contributed by atoms with E-state index >= 15 is 0 Å². The fourth-order valence-corrected chi connectivity index (χ4v) is 1.67. The van der Waals surface area contributed by atoms with Crippen LogP contribution in [0.15, 0.2) is 47.2 Å². The fraction of sp³-hybridized carbons (Fsp3) is 0.0833. The standard InChI is InChI=1S/C12H10BrNO2/c13-11-6-9(3-4-12(11)15)8-16-10-2-1-5-14-7-10/h1-7,15H,8H2. The molecule has 16 heavy (non-hydrogen) atoms. The molecule has 0 aliphatic carbocycles. The van der Waals surface area contributed by atoms with Crippen LogP contribution in [-0.4, -0.2) is 10.1 Å². The van der Waals surface area contributed by atoms with Crippen LogP contribution in [0.25, 0.3) is 0 Å². The molecule has 0 radical (unpaired) electrons. The summed E-state index contributed by atoms with van der Waals surface area (Å²) in [6, 6.07) is 8.94. The van der Waals surface area contributed by atoms with Crippen LogP contribution < -0.4 is 4.74 Å². The summed E-state index contributed by atoms with van der Waals surface area (Å²) in [5.41, 5.74) is 0.980. The van der Waals surface area contributed by atoms with Crippen LogP contribution in [0.1, 0.15) is 5.56 Å². The van der Waals surface area contributed by atoms with E-state index in [1.165, 1.54) is 0 Å². The van der Waals surface area contributed by atoms with Crippen molar-refractivity contribution in [3.8, 4) is 11.5 Å². The van der Waals surface area contributed by atoms with Crippen molar-refractivity contribution in [3.05, 3.63) is 52.8 Å². The normalized spacial score (nSPS) is 10.1. The zero-order valence-corrected chi connectivity index (χ0v) is 10.0. The van der Waals surface area contributed by atoms with Crippen molar-refractivity contribution in [2.45, 2.75) is 6.61 Å². The van der Waals surface area contributed by atoms with Crippen LogP contribution in [0.5, 0.6) is 11.5 Å². The maximum Gasteiger partial charge on any atom is 0.138 e. The number of phenolic OH excluding ortho intramolecular Hbond substituents is 1. The monoisotopic (exact) mass is 279 g/mol. The molecule has 0 aliphatic rings. The Kier molecular flexibility index (Phi) is 3.41. The number of aromatic hydroxyl groups is 1. The van der Waals surface area contributed by atoms with Gasteiger partial charge < -0.3 is 9.84 Å². The lowest BCUT2D eigenvalue weighted by molar-refractivity contribution is 0.304. The molecule has 3 nitrogen and oxygen atoms in total. The molecule has 0 spiro atoms. The first-order valence-electron chi connectivity index (χ1n) is 4.76. The molecule has 82 valence electrons. The van der Waals surface area contributed by atoms with E-state index in [1.54, 1.807) is 18.5 Å². The number of ether oxygens (including phenoxy) is 1. The summed E-state index contributed by atoms with van der Waals surface area (Å²) in [7, 11) is 0. The van der Waals surface area contributed by atoms with Crippen LogP contribution in [0.4, 0.5) is 0 Å². The highest BCUT2D eigenvalue weighted by atomic mass is 79.9. The van der Waals surface area contributed by atoms with Gasteiger partial charge in [-0.1, -0.05) is 6.07 Å². The largest absolute Gasteiger partial charge is 0.507 e. The van der Waals surface area contributed by atoms with E-state index in [9.17, 15) is 5.11 Å². The van der Waals surface area contributed by atoms with E-state index in [4.69, 9.17) is 4.74 Å². The Hall–Kier alpha value is -1.55. The molecule has 4 heteroatoms. The second kappa shape index (κ2) is 4.99. The highest BCUT2D eigenvalue weighted by Gasteiger charge is 2.00. The van der Waals surface area contributed by atoms with Crippen molar-refractivity contribution in [2.75, 3.05) is 0 Å². The molecular formula is C12H10BrNO2. The summed E-state index contributed by atoms with van der Waals surface area (Å²) < 4.78 is 6.19. The van der Waals surface area contributed by atoms with Gasteiger partial charge in [-0.2, -0.15) is 0 Å². The minimum atomic E-state index is 0.227. The third-order valence-corrected chi connectivity index (χ3v) is 2.69. The summed E-state index contributed by atoms with van der Waals surface area (Å²) in [4.78, 5) is 3.95. The number of aromatic nitrogens is 1. The molecule has 0 atom stereocenters. The summed E-state index contributed by atoms with van der Waals surface area (Å²) in [6.07, 6.45) is 3.36. The number of benzene rings is 1. The number of nitrogens with zero attached hydrogens (tertiary/aromatic N) is 1. The summed E-state index contributed by atoms with van der Waals surface area (Å²) in [5, 5.41) is 9.33. The van der Waals surface area contributed by atoms with Crippen molar-refractivity contribution in [3.63, 3.8) is 0 Å². The first kappa shape index (κ1) is 11.0. The van der Waals surface area contributed by atoms with Gasteiger partial charge in [-0.05, 0) is 45.8 Å². The molecule has 2 rings (SSSR count). The molecule has 0 unspecified atom stereocenters. The smallest absolute Gasteiger partial charge is 0.138 e. The van der Waals surface area contributed by atoms with Gasteiger partial charge in [-0.3, -0.25) is 4.98 Å². The predicted molar refractivity (Wildman–Crippen MR) is 64.4 cm³/mol. The average Bonchev–Trinajstić information content (AvgIpc) is 2.32. The van der Waals surface area contributed by atoms with Crippen molar-refractivity contribution >= 4 is 15.9 Å². The zero-order chi connectivity index (χ0) is 11.4. The van der Waals surface area contributed by atoms with Gasteiger partial charge in [-0.15, -0.1) is 0 Å². The Morgan fingerprint density at radius 3 is 2.88 bits per heavy atom. The average molecular weight is 280 g/mol. The maximum absolute atomic E-state index is 9.33. The Balaban J connectivity index is 2.03.